The van der Waals surface area contributed by atoms with E-state index >= 15 is 0 Å². The molecule has 0 aliphatic carbocycles. The van der Waals surface area contributed by atoms with E-state index in [0.29, 0.717) is 0 Å². The van der Waals surface area contributed by atoms with E-state index in [1.807, 2.05) is 30.5 Å². The van der Waals surface area contributed by atoms with Crippen molar-refractivity contribution < 1.29 is 5.11 Å². The fraction of sp³-hybridized carbons (Fsp3) is 0.304. The van der Waals surface area contributed by atoms with Gasteiger partial charge in [0.05, 0.1) is 17.8 Å². The Bertz CT molecular complexity index is 1030. The number of phenolic OH excluding ortho intramolecular Hbond substituents is 1. The second-order valence-electron chi connectivity index (χ2n) is 7.81. The van der Waals surface area contributed by atoms with Crippen LogP contribution in [0.25, 0.3) is 5.69 Å². The van der Waals surface area contributed by atoms with Gasteiger partial charge in [-0.1, -0.05) is 6.07 Å². The summed E-state index contributed by atoms with van der Waals surface area (Å²) in [7, 11) is 0. The van der Waals surface area contributed by atoms with Crippen molar-refractivity contribution in [2.45, 2.75) is 45.8 Å². The van der Waals surface area contributed by atoms with Crippen molar-refractivity contribution >= 4 is 17.3 Å². The largest absolute Gasteiger partial charge is 0.508 e. The zero-order valence-electron chi connectivity index (χ0n) is 17.1. The summed E-state index contributed by atoms with van der Waals surface area (Å²) >= 11 is 5.71. The molecule has 4 rings (SSSR count). The van der Waals surface area contributed by atoms with E-state index in [1.165, 1.54) is 5.56 Å². The summed E-state index contributed by atoms with van der Waals surface area (Å²) in [5, 5.41) is 13.9. The number of nitrogens with zero attached hydrogens (tertiary/aromatic N) is 3. The predicted octanol–water partition coefficient (Wildman–Crippen LogP) is 4.58. The van der Waals surface area contributed by atoms with Gasteiger partial charge >= 0.3 is 0 Å². The van der Waals surface area contributed by atoms with Gasteiger partial charge in [-0.3, -0.25) is 4.98 Å². The maximum Gasteiger partial charge on any atom is 0.170 e. The van der Waals surface area contributed by atoms with Crippen molar-refractivity contribution in [1.82, 2.24) is 19.8 Å². The van der Waals surface area contributed by atoms with Gasteiger partial charge in [0.15, 0.2) is 5.11 Å². The molecule has 29 heavy (non-hydrogen) atoms. The first-order chi connectivity index (χ1) is 13.9. The van der Waals surface area contributed by atoms with Gasteiger partial charge in [-0.25, -0.2) is 0 Å². The number of rotatable bonds is 4. The van der Waals surface area contributed by atoms with E-state index in [2.05, 4.69) is 59.6 Å². The molecule has 1 aromatic carbocycles. The minimum atomic E-state index is -0.0140. The molecule has 0 bridgehead atoms. The predicted molar refractivity (Wildman–Crippen MR) is 119 cm³/mol. The molecule has 0 radical (unpaired) electrons. The first kappa shape index (κ1) is 19.5. The third-order valence-corrected chi connectivity index (χ3v) is 5.92. The topological polar surface area (TPSA) is 53.3 Å². The van der Waals surface area contributed by atoms with E-state index in [-0.39, 0.29) is 23.9 Å². The normalized spacial score (nSPS) is 19.1. The molecule has 3 heterocycles. The highest BCUT2D eigenvalue weighted by Gasteiger charge is 2.42. The lowest BCUT2D eigenvalue weighted by Crippen LogP contribution is -2.35. The maximum absolute atomic E-state index is 9.66. The first-order valence-corrected chi connectivity index (χ1v) is 10.3. The van der Waals surface area contributed by atoms with Crippen LogP contribution in [0.1, 0.15) is 48.6 Å². The summed E-state index contributed by atoms with van der Waals surface area (Å²) in [4.78, 5) is 6.88. The molecule has 2 atom stereocenters. The minimum absolute atomic E-state index is 0.0140. The van der Waals surface area contributed by atoms with Crippen molar-refractivity contribution in [2.24, 2.45) is 0 Å². The SMILES string of the molecule is Cc1cc([C@@H]2[C@@H](c3ccccn3)NC(=S)N2C(C)C)c(C)n1-c1ccc(O)cc1. The van der Waals surface area contributed by atoms with Gasteiger partial charge in [-0.05, 0) is 87.9 Å². The molecule has 0 amide bonds. The number of aromatic nitrogens is 2. The van der Waals surface area contributed by atoms with Gasteiger partial charge in [0.1, 0.15) is 5.75 Å². The molecule has 3 aromatic rings. The fourth-order valence-electron chi connectivity index (χ4n) is 4.34. The van der Waals surface area contributed by atoms with Crippen LogP contribution < -0.4 is 5.32 Å². The second kappa shape index (κ2) is 7.52. The van der Waals surface area contributed by atoms with Crippen LogP contribution in [0.4, 0.5) is 0 Å². The number of nitrogens with one attached hydrogen (secondary N) is 1. The lowest BCUT2D eigenvalue weighted by Gasteiger charge is -2.31. The van der Waals surface area contributed by atoms with E-state index in [0.717, 1.165) is 27.9 Å². The Morgan fingerprint density at radius 3 is 2.45 bits per heavy atom. The molecule has 1 aliphatic heterocycles. The third-order valence-electron chi connectivity index (χ3n) is 5.59. The number of pyridine rings is 1. The van der Waals surface area contributed by atoms with Crippen LogP contribution in [0.5, 0.6) is 5.75 Å². The van der Waals surface area contributed by atoms with Crippen molar-refractivity contribution in [3.63, 3.8) is 0 Å². The van der Waals surface area contributed by atoms with Gasteiger partial charge in [0.25, 0.3) is 0 Å². The van der Waals surface area contributed by atoms with Crippen molar-refractivity contribution in [2.75, 3.05) is 0 Å². The molecule has 150 valence electrons. The molecule has 6 heteroatoms. The Hall–Kier alpha value is -2.86. The zero-order valence-corrected chi connectivity index (χ0v) is 17.9. The number of hydrogen-bond acceptors (Lipinski definition) is 3. The van der Waals surface area contributed by atoms with Gasteiger partial charge in [-0.15, -0.1) is 0 Å². The van der Waals surface area contributed by atoms with Gasteiger partial charge < -0.3 is 19.9 Å². The van der Waals surface area contributed by atoms with Crippen LogP contribution in [-0.4, -0.2) is 30.7 Å². The zero-order chi connectivity index (χ0) is 20.7. The molecule has 5 nitrogen and oxygen atoms in total. The Morgan fingerprint density at radius 2 is 1.83 bits per heavy atom. The summed E-state index contributed by atoms with van der Waals surface area (Å²) in [5.41, 5.74) is 5.55. The van der Waals surface area contributed by atoms with Crippen molar-refractivity contribution in [3.8, 4) is 11.4 Å². The van der Waals surface area contributed by atoms with E-state index < -0.39 is 0 Å². The monoisotopic (exact) mass is 406 g/mol. The van der Waals surface area contributed by atoms with Crippen LogP contribution in [0.15, 0.2) is 54.7 Å². The van der Waals surface area contributed by atoms with Crippen molar-refractivity contribution in [1.29, 1.82) is 0 Å². The van der Waals surface area contributed by atoms with E-state index in [1.54, 1.807) is 12.1 Å². The average molecular weight is 407 g/mol. The third kappa shape index (κ3) is 3.38. The Morgan fingerprint density at radius 1 is 1.10 bits per heavy atom. The average Bonchev–Trinajstić information content (AvgIpc) is 3.19. The minimum Gasteiger partial charge on any atom is -0.508 e. The molecular weight excluding hydrogens is 380 g/mol. The Labute approximate surface area is 177 Å². The summed E-state index contributed by atoms with van der Waals surface area (Å²) in [6, 6.07) is 15.9. The number of thiocarbonyl (C=S) groups is 1. The number of aryl methyl sites for hydroxylation is 1. The Kier molecular flexibility index (Phi) is 5.04. The lowest BCUT2D eigenvalue weighted by atomic mass is 9.96. The smallest absolute Gasteiger partial charge is 0.170 e. The van der Waals surface area contributed by atoms with Gasteiger partial charge in [0.2, 0.25) is 0 Å². The lowest BCUT2D eigenvalue weighted by molar-refractivity contribution is 0.269. The quantitative estimate of drug-likeness (QED) is 0.622. The van der Waals surface area contributed by atoms with Gasteiger partial charge in [0, 0.05) is 29.3 Å². The fourth-order valence-corrected chi connectivity index (χ4v) is 4.79. The van der Waals surface area contributed by atoms with Crippen LogP contribution in [-0.2, 0) is 0 Å². The first-order valence-electron chi connectivity index (χ1n) is 9.86. The van der Waals surface area contributed by atoms with Crippen LogP contribution in [0.3, 0.4) is 0 Å². The highest BCUT2D eigenvalue weighted by Crippen LogP contribution is 2.42. The van der Waals surface area contributed by atoms with Crippen molar-refractivity contribution in [3.05, 3.63) is 77.4 Å². The maximum atomic E-state index is 9.66. The van der Waals surface area contributed by atoms with Crippen LogP contribution in [0, 0.1) is 13.8 Å². The van der Waals surface area contributed by atoms with Gasteiger partial charge in [-0.2, -0.15) is 0 Å². The highest BCUT2D eigenvalue weighted by atomic mass is 32.1. The molecular formula is C23H26N4OS. The number of phenols is 1. The molecule has 1 aliphatic rings. The molecule has 2 aromatic heterocycles. The Balaban J connectivity index is 1.85. The van der Waals surface area contributed by atoms with E-state index in [4.69, 9.17) is 12.2 Å². The number of aromatic hydroxyl groups is 1. The summed E-state index contributed by atoms with van der Waals surface area (Å²) < 4.78 is 2.23. The molecule has 2 N–H and O–H groups in total. The molecule has 0 unspecified atom stereocenters. The number of hydrogen-bond donors (Lipinski definition) is 2. The summed E-state index contributed by atoms with van der Waals surface area (Å²) in [6.45, 7) is 8.59. The molecule has 0 saturated carbocycles. The highest BCUT2D eigenvalue weighted by molar-refractivity contribution is 7.80. The molecule has 1 saturated heterocycles. The number of benzene rings is 1. The van der Waals surface area contributed by atoms with E-state index in [9.17, 15) is 5.11 Å². The molecule has 0 spiro atoms. The summed E-state index contributed by atoms with van der Waals surface area (Å²) in [5.74, 6) is 0.267. The summed E-state index contributed by atoms with van der Waals surface area (Å²) in [6.07, 6.45) is 1.83. The second-order valence-corrected chi connectivity index (χ2v) is 8.19. The van der Waals surface area contributed by atoms with Crippen LogP contribution in [0.2, 0.25) is 0 Å². The van der Waals surface area contributed by atoms with Crippen LogP contribution >= 0.6 is 12.2 Å². The standard InChI is InChI=1S/C23H26N4OS/c1-14(2)26-22(21(25-23(26)29)20-7-5-6-12-24-20)19-13-15(3)27(16(19)4)17-8-10-18(28)11-9-17/h5-14,21-22,28H,1-4H3,(H,25,29)/t21-,22-/m1/s1. The molecule has 1 fully saturated rings.